The maximum atomic E-state index is 11.6. The molecule has 0 saturated carbocycles. The number of hydrogen-bond donors (Lipinski definition) is 2. The lowest BCUT2D eigenvalue weighted by Crippen LogP contribution is -2.46. The van der Waals surface area contributed by atoms with Gasteiger partial charge in [-0.05, 0) is 38.0 Å². The molecule has 1 aromatic carbocycles. The fourth-order valence-corrected chi connectivity index (χ4v) is 5.67. The molecule has 2 aliphatic rings. The highest BCUT2D eigenvalue weighted by atomic mass is 35.5. The van der Waals surface area contributed by atoms with Crippen LogP contribution >= 0.6 is 11.6 Å². The second-order valence-electron chi connectivity index (χ2n) is 7.67. The van der Waals surface area contributed by atoms with E-state index in [-0.39, 0.29) is 17.5 Å². The first-order valence-electron chi connectivity index (χ1n) is 10.4. The van der Waals surface area contributed by atoms with Crippen molar-refractivity contribution in [1.82, 2.24) is 15.5 Å². The number of anilines is 1. The molecule has 1 aromatic rings. The molecule has 0 aromatic heterocycles. The van der Waals surface area contributed by atoms with Crippen molar-refractivity contribution in [1.29, 1.82) is 0 Å². The second kappa shape index (κ2) is 10.5. The van der Waals surface area contributed by atoms with Gasteiger partial charge in [-0.2, -0.15) is 0 Å². The fraction of sp³-hybridized carbons (Fsp3) is 0.650. The monoisotopic (exact) mass is 441 g/mol. The van der Waals surface area contributed by atoms with Crippen LogP contribution in [0, 0.1) is 0 Å². The van der Waals surface area contributed by atoms with Crippen LogP contribution in [0.1, 0.15) is 19.8 Å². The lowest BCUT2D eigenvalue weighted by molar-refractivity contribution is 0.256. The molecular weight excluding hydrogens is 410 g/mol. The normalized spacial score (nSPS) is 22.6. The van der Waals surface area contributed by atoms with E-state index in [1.54, 1.807) is 0 Å². The predicted molar refractivity (Wildman–Crippen MR) is 121 cm³/mol. The van der Waals surface area contributed by atoms with Gasteiger partial charge in [0, 0.05) is 62.6 Å². The smallest absolute Gasteiger partial charge is 0.191 e. The van der Waals surface area contributed by atoms with E-state index in [2.05, 4.69) is 31.5 Å². The fourth-order valence-electron chi connectivity index (χ4n) is 3.81. The summed E-state index contributed by atoms with van der Waals surface area (Å²) < 4.78 is 23.3. The number of rotatable bonds is 7. The quantitative estimate of drug-likeness (QED) is 0.380. The van der Waals surface area contributed by atoms with Gasteiger partial charge in [0.25, 0.3) is 0 Å². The zero-order valence-electron chi connectivity index (χ0n) is 17.1. The van der Waals surface area contributed by atoms with E-state index in [0.717, 1.165) is 63.2 Å². The summed E-state index contributed by atoms with van der Waals surface area (Å²) in [6, 6.07) is 8.01. The van der Waals surface area contributed by atoms with Gasteiger partial charge in [0.2, 0.25) is 0 Å². The molecule has 1 unspecified atom stereocenters. The Morgan fingerprint density at radius 2 is 2.07 bits per heavy atom. The first-order chi connectivity index (χ1) is 13.9. The van der Waals surface area contributed by atoms with Gasteiger partial charge in [0.05, 0.1) is 11.5 Å². The molecule has 9 heteroatoms. The molecule has 7 nitrogen and oxygen atoms in total. The molecule has 29 heavy (non-hydrogen) atoms. The number of piperazine rings is 1. The average Bonchev–Trinajstić information content (AvgIpc) is 3.04. The van der Waals surface area contributed by atoms with Crippen molar-refractivity contribution in [2.45, 2.75) is 25.8 Å². The van der Waals surface area contributed by atoms with E-state index in [1.807, 2.05) is 25.1 Å². The summed E-state index contributed by atoms with van der Waals surface area (Å²) in [5, 5.41) is 7.27. The van der Waals surface area contributed by atoms with Crippen LogP contribution in [0.25, 0.3) is 0 Å². The van der Waals surface area contributed by atoms with Gasteiger partial charge in [-0.3, -0.25) is 9.89 Å². The Hall–Kier alpha value is -1.51. The number of halogens is 1. The number of hydrogen-bond acceptors (Lipinski definition) is 5. The Morgan fingerprint density at radius 3 is 2.72 bits per heavy atom. The molecule has 2 fully saturated rings. The number of nitrogens with zero attached hydrogens (tertiary/aromatic N) is 3. The van der Waals surface area contributed by atoms with Gasteiger partial charge in [0.15, 0.2) is 15.8 Å². The van der Waals surface area contributed by atoms with Gasteiger partial charge in [-0.1, -0.05) is 17.7 Å². The summed E-state index contributed by atoms with van der Waals surface area (Å²) in [6.07, 6.45) is 1.64. The molecule has 2 aliphatic heterocycles. The molecule has 162 valence electrons. The van der Waals surface area contributed by atoms with Crippen molar-refractivity contribution in [3.8, 4) is 0 Å². The Balaban J connectivity index is 1.38. The van der Waals surface area contributed by atoms with Gasteiger partial charge >= 0.3 is 0 Å². The predicted octanol–water partition coefficient (Wildman–Crippen LogP) is 1.59. The molecule has 0 radical (unpaired) electrons. The van der Waals surface area contributed by atoms with E-state index in [0.29, 0.717) is 6.42 Å². The first kappa shape index (κ1) is 22.2. The SMILES string of the molecule is CCNC(=NCCCN1CCN(c2cccc(Cl)c2)CC1)NC1CCS(=O)(=O)C1. The summed E-state index contributed by atoms with van der Waals surface area (Å²) in [7, 11) is -2.89. The Morgan fingerprint density at radius 1 is 1.28 bits per heavy atom. The minimum absolute atomic E-state index is 0.0302. The Bertz CT molecular complexity index is 794. The molecule has 0 bridgehead atoms. The van der Waals surface area contributed by atoms with Crippen LogP contribution in [0.15, 0.2) is 29.3 Å². The molecule has 2 N–H and O–H groups in total. The van der Waals surface area contributed by atoms with Gasteiger partial charge in [-0.15, -0.1) is 0 Å². The Labute approximate surface area is 179 Å². The minimum atomic E-state index is -2.89. The molecule has 1 atom stereocenters. The standard InChI is InChI=1S/C20H32ClN5O2S/c1-2-22-20(24-18-7-14-29(27,28)16-18)23-8-4-9-25-10-12-26(13-11-25)19-6-3-5-17(21)15-19/h3,5-6,15,18H,2,4,7-14,16H2,1H3,(H2,22,23,24). The van der Waals surface area contributed by atoms with Crippen molar-refractivity contribution < 1.29 is 8.42 Å². The Kier molecular flexibility index (Phi) is 8.03. The van der Waals surface area contributed by atoms with E-state index in [1.165, 1.54) is 5.69 Å². The van der Waals surface area contributed by atoms with Crippen molar-refractivity contribution in [2.24, 2.45) is 4.99 Å². The molecule has 2 saturated heterocycles. The largest absolute Gasteiger partial charge is 0.369 e. The topological polar surface area (TPSA) is 77.0 Å². The minimum Gasteiger partial charge on any atom is -0.369 e. The van der Waals surface area contributed by atoms with Crippen molar-refractivity contribution in [3.05, 3.63) is 29.3 Å². The van der Waals surface area contributed by atoms with Crippen LogP contribution in [-0.4, -0.2) is 82.6 Å². The zero-order chi connectivity index (χ0) is 20.7. The van der Waals surface area contributed by atoms with Crippen LogP contribution in [0.4, 0.5) is 5.69 Å². The third-order valence-electron chi connectivity index (χ3n) is 5.37. The van der Waals surface area contributed by atoms with Gasteiger partial charge in [-0.25, -0.2) is 8.42 Å². The average molecular weight is 442 g/mol. The first-order valence-corrected chi connectivity index (χ1v) is 12.6. The molecule has 0 amide bonds. The van der Waals surface area contributed by atoms with Crippen LogP contribution in [-0.2, 0) is 9.84 Å². The number of guanidine groups is 1. The highest BCUT2D eigenvalue weighted by molar-refractivity contribution is 7.91. The van der Waals surface area contributed by atoms with Gasteiger partial charge in [0.1, 0.15) is 0 Å². The second-order valence-corrected chi connectivity index (χ2v) is 10.3. The van der Waals surface area contributed by atoms with Crippen molar-refractivity contribution in [2.75, 3.05) is 62.2 Å². The summed E-state index contributed by atoms with van der Waals surface area (Å²) in [5.74, 6) is 1.19. The third kappa shape index (κ3) is 7.04. The maximum Gasteiger partial charge on any atom is 0.191 e. The maximum absolute atomic E-state index is 11.6. The summed E-state index contributed by atoms with van der Waals surface area (Å²) in [5.41, 5.74) is 1.19. The third-order valence-corrected chi connectivity index (χ3v) is 7.37. The van der Waals surface area contributed by atoms with E-state index >= 15 is 0 Å². The molecular formula is C20H32ClN5O2S. The summed E-state index contributed by atoms with van der Waals surface area (Å²) in [4.78, 5) is 9.48. The van der Waals surface area contributed by atoms with Crippen molar-refractivity contribution >= 4 is 33.1 Å². The lowest BCUT2D eigenvalue weighted by atomic mass is 10.2. The molecule has 0 spiro atoms. The number of benzene rings is 1. The molecule has 3 rings (SSSR count). The summed E-state index contributed by atoms with van der Waals surface area (Å²) in [6.45, 7) is 8.60. The van der Waals surface area contributed by atoms with Crippen LogP contribution < -0.4 is 15.5 Å². The van der Waals surface area contributed by atoms with Crippen LogP contribution in [0.3, 0.4) is 0 Å². The highest BCUT2D eigenvalue weighted by Crippen LogP contribution is 2.20. The molecule has 2 heterocycles. The lowest BCUT2D eigenvalue weighted by Gasteiger charge is -2.36. The number of nitrogens with one attached hydrogen (secondary N) is 2. The van der Waals surface area contributed by atoms with Gasteiger partial charge < -0.3 is 15.5 Å². The number of aliphatic imine (C=N–C) groups is 1. The van der Waals surface area contributed by atoms with E-state index < -0.39 is 9.84 Å². The highest BCUT2D eigenvalue weighted by Gasteiger charge is 2.28. The van der Waals surface area contributed by atoms with E-state index in [4.69, 9.17) is 11.6 Å². The van der Waals surface area contributed by atoms with Crippen molar-refractivity contribution in [3.63, 3.8) is 0 Å². The van der Waals surface area contributed by atoms with Crippen LogP contribution in [0.5, 0.6) is 0 Å². The number of sulfone groups is 1. The van der Waals surface area contributed by atoms with E-state index in [9.17, 15) is 8.42 Å². The molecule has 0 aliphatic carbocycles. The van der Waals surface area contributed by atoms with Crippen LogP contribution in [0.2, 0.25) is 5.02 Å². The summed E-state index contributed by atoms with van der Waals surface area (Å²) >= 11 is 6.10. The zero-order valence-corrected chi connectivity index (χ0v) is 18.7.